The highest BCUT2D eigenvalue weighted by molar-refractivity contribution is 9.10. The Balaban J connectivity index is 2.24. The third-order valence-electron chi connectivity index (χ3n) is 4.10. The van der Waals surface area contributed by atoms with Gasteiger partial charge < -0.3 is 10.4 Å². The first-order valence-corrected chi connectivity index (χ1v) is 8.01. The number of amides is 1. The van der Waals surface area contributed by atoms with Gasteiger partial charge in [0.2, 0.25) is 0 Å². The third kappa shape index (κ3) is 3.40. The molecule has 1 amide bonds. The Hall–Kier alpha value is -1.07. The molecule has 2 rings (SSSR count). The quantitative estimate of drug-likeness (QED) is 0.844. The van der Waals surface area contributed by atoms with Crippen LogP contribution in [0, 0.1) is 5.92 Å². The minimum absolute atomic E-state index is 0.335. The molecule has 1 aromatic carbocycles. The van der Waals surface area contributed by atoms with E-state index in [0.717, 1.165) is 12.8 Å². The fourth-order valence-corrected chi connectivity index (χ4v) is 3.46. The van der Waals surface area contributed by atoms with Crippen molar-refractivity contribution >= 4 is 39.4 Å². The van der Waals surface area contributed by atoms with Crippen LogP contribution in [-0.2, 0) is 4.79 Å². The van der Waals surface area contributed by atoms with Gasteiger partial charge in [-0.05, 0) is 47.8 Å². The molecular weight excluding hydrogens is 358 g/mol. The van der Waals surface area contributed by atoms with E-state index in [-0.39, 0.29) is 5.91 Å². The number of benzene rings is 1. The molecule has 1 saturated carbocycles. The normalized spacial score (nSPS) is 25.4. The summed E-state index contributed by atoms with van der Waals surface area (Å²) in [6, 6.07) is 5.11. The highest BCUT2D eigenvalue weighted by Crippen LogP contribution is 2.35. The number of rotatable bonds is 3. The SMILES string of the molecule is CC1(NC(=O)c2cccc(Br)c2Cl)CCCCC1C(=O)O. The Morgan fingerprint density at radius 2 is 2.14 bits per heavy atom. The van der Waals surface area contributed by atoms with E-state index in [1.54, 1.807) is 25.1 Å². The second-order valence-electron chi connectivity index (χ2n) is 5.61. The molecule has 1 fully saturated rings. The second-order valence-corrected chi connectivity index (χ2v) is 6.84. The molecule has 0 heterocycles. The van der Waals surface area contributed by atoms with Crippen molar-refractivity contribution < 1.29 is 14.7 Å². The molecule has 1 aliphatic carbocycles. The fourth-order valence-electron chi connectivity index (χ4n) is 2.88. The topological polar surface area (TPSA) is 66.4 Å². The zero-order valence-electron chi connectivity index (χ0n) is 11.7. The summed E-state index contributed by atoms with van der Waals surface area (Å²) in [4.78, 5) is 23.9. The van der Waals surface area contributed by atoms with Crippen LogP contribution in [0.4, 0.5) is 0 Å². The Bertz CT molecular complexity index is 578. The summed E-state index contributed by atoms with van der Waals surface area (Å²) >= 11 is 9.41. The molecule has 21 heavy (non-hydrogen) atoms. The molecule has 6 heteroatoms. The molecule has 4 nitrogen and oxygen atoms in total. The molecule has 0 saturated heterocycles. The van der Waals surface area contributed by atoms with Gasteiger partial charge in [-0.25, -0.2) is 0 Å². The van der Waals surface area contributed by atoms with Gasteiger partial charge in [0.1, 0.15) is 0 Å². The second kappa shape index (κ2) is 6.36. The highest BCUT2D eigenvalue weighted by Gasteiger charge is 2.42. The first kappa shape index (κ1) is 16.3. The van der Waals surface area contributed by atoms with E-state index >= 15 is 0 Å². The van der Waals surface area contributed by atoms with Crippen LogP contribution in [0.2, 0.25) is 5.02 Å². The van der Waals surface area contributed by atoms with E-state index < -0.39 is 17.4 Å². The van der Waals surface area contributed by atoms with Crippen LogP contribution in [0.5, 0.6) is 0 Å². The van der Waals surface area contributed by atoms with E-state index in [0.29, 0.717) is 27.9 Å². The highest BCUT2D eigenvalue weighted by atomic mass is 79.9. The molecule has 1 aromatic rings. The number of carbonyl (C=O) groups is 2. The van der Waals surface area contributed by atoms with E-state index in [1.165, 1.54) is 0 Å². The summed E-state index contributed by atoms with van der Waals surface area (Å²) < 4.78 is 0.639. The van der Waals surface area contributed by atoms with Crippen molar-refractivity contribution in [3.63, 3.8) is 0 Å². The average molecular weight is 375 g/mol. The largest absolute Gasteiger partial charge is 0.481 e. The molecule has 0 radical (unpaired) electrons. The summed E-state index contributed by atoms with van der Waals surface area (Å²) in [6.45, 7) is 1.80. The van der Waals surface area contributed by atoms with Gasteiger partial charge in [0, 0.05) is 4.47 Å². The number of carbonyl (C=O) groups excluding carboxylic acids is 1. The molecule has 2 atom stereocenters. The molecule has 0 aliphatic heterocycles. The monoisotopic (exact) mass is 373 g/mol. The van der Waals surface area contributed by atoms with Crippen LogP contribution in [0.25, 0.3) is 0 Å². The van der Waals surface area contributed by atoms with Crippen molar-refractivity contribution in [1.82, 2.24) is 5.32 Å². The minimum atomic E-state index is -0.863. The first-order valence-electron chi connectivity index (χ1n) is 6.84. The lowest BCUT2D eigenvalue weighted by molar-refractivity contribution is -0.145. The fraction of sp³-hybridized carbons (Fsp3) is 0.467. The maximum absolute atomic E-state index is 12.4. The van der Waals surface area contributed by atoms with Crippen molar-refractivity contribution in [2.45, 2.75) is 38.1 Å². The lowest BCUT2D eigenvalue weighted by atomic mass is 9.73. The van der Waals surface area contributed by atoms with Crippen LogP contribution >= 0.6 is 27.5 Å². The Morgan fingerprint density at radius 3 is 2.81 bits per heavy atom. The van der Waals surface area contributed by atoms with Gasteiger partial charge in [0.15, 0.2) is 0 Å². The molecule has 0 aromatic heterocycles. The number of hydrogen-bond donors (Lipinski definition) is 2. The van der Waals surface area contributed by atoms with Crippen molar-refractivity contribution in [2.24, 2.45) is 5.92 Å². The average Bonchev–Trinajstić information content (AvgIpc) is 2.41. The van der Waals surface area contributed by atoms with Gasteiger partial charge in [-0.1, -0.05) is 30.5 Å². The van der Waals surface area contributed by atoms with Crippen LogP contribution in [0.1, 0.15) is 43.0 Å². The van der Waals surface area contributed by atoms with Gasteiger partial charge in [0.25, 0.3) is 5.91 Å². The number of halogens is 2. The standard InChI is InChI=1S/C15H17BrClNO3/c1-15(8-3-2-6-10(15)14(20)21)18-13(19)9-5-4-7-11(16)12(9)17/h4-5,7,10H,2-3,6,8H2,1H3,(H,18,19)(H,20,21). The van der Waals surface area contributed by atoms with Crippen molar-refractivity contribution in [3.05, 3.63) is 33.3 Å². The lowest BCUT2D eigenvalue weighted by Crippen LogP contribution is -2.55. The number of nitrogens with one attached hydrogen (secondary N) is 1. The smallest absolute Gasteiger partial charge is 0.308 e. The number of hydrogen-bond acceptors (Lipinski definition) is 2. The maximum Gasteiger partial charge on any atom is 0.308 e. The van der Waals surface area contributed by atoms with E-state index in [2.05, 4.69) is 21.2 Å². The predicted octanol–water partition coefficient (Wildman–Crippen LogP) is 3.87. The molecule has 0 bridgehead atoms. The number of carboxylic acids is 1. The number of aliphatic carboxylic acids is 1. The zero-order chi connectivity index (χ0) is 15.6. The summed E-state index contributed by atoms with van der Waals surface area (Å²) in [5, 5.41) is 12.6. The Labute approximate surface area is 137 Å². The molecule has 2 unspecified atom stereocenters. The number of carboxylic acid groups (broad SMARTS) is 1. The molecule has 0 spiro atoms. The third-order valence-corrected chi connectivity index (χ3v) is 5.40. The van der Waals surface area contributed by atoms with Crippen molar-refractivity contribution in [1.29, 1.82) is 0 Å². The predicted molar refractivity (Wildman–Crippen MR) is 84.6 cm³/mol. The van der Waals surface area contributed by atoms with Gasteiger partial charge in [-0.3, -0.25) is 9.59 Å². The van der Waals surface area contributed by atoms with Gasteiger partial charge in [0.05, 0.1) is 22.0 Å². The molecule has 2 N–H and O–H groups in total. The van der Waals surface area contributed by atoms with Crippen LogP contribution in [-0.4, -0.2) is 22.5 Å². The van der Waals surface area contributed by atoms with Crippen LogP contribution in [0.3, 0.4) is 0 Å². The van der Waals surface area contributed by atoms with Crippen molar-refractivity contribution in [2.75, 3.05) is 0 Å². The molecular formula is C15H17BrClNO3. The Morgan fingerprint density at radius 1 is 1.43 bits per heavy atom. The van der Waals surface area contributed by atoms with Gasteiger partial charge >= 0.3 is 5.97 Å². The summed E-state index contributed by atoms with van der Waals surface area (Å²) in [5.74, 6) is -1.77. The van der Waals surface area contributed by atoms with E-state index in [1.807, 2.05) is 0 Å². The first-order chi connectivity index (χ1) is 9.85. The van der Waals surface area contributed by atoms with Crippen LogP contribution < -0.4 is 5.32 Å². The summed E-state index contributed by atoms with van der Waals surface area (Å²) in [5.41, 5.74) is -0.394. The van der Waals surface area contributed by atoms with Gasteiger partial charge in [-0.15, -0.1) is 0 Å². The zero-order valence-corrected chi connectivity index (χ0v) is 14.0. The molecule has 1 aliphatic rings. The van der Waals surface area contributed by atoms with Gasteiger partial charge in [-0.2, -0.15) is 0 Å². The minimum Gasteiger partial charge on any atom is -0.481 e. The lowest BCUT2D eigenvalue weighted by Gasteiger charge is -2.39. The summed E-state index contributed by atoms with van der Waals surface area (Å²) in [7, 11) is 0. The summed E-state index contributed by atoms with van der Waals surface area (Å²) in [6.07, 6.45) is 3.02. The Kier molecular flexibility index (Phi) is 4.94. The van der Waals surface area contributed by atoms with Crippen LogP contribution in [0.15, 0.2) is 22.7 Å². The maximum atomic E-state index is 12.4. The molecule has 114 valence electrons. The van der Waals surface area contributed by atoms with Crippen molar-refractivity contribution in [3.8, 4) is 0 Å². The van der Waals surface area contributed by atoms with E-state index in [4.69, 9.17) is 11.6 Å². The van der Waals surface area contributed by atoms with E-state index in [9.17, 15) is 14.7 Å².